The molecular formula is C45H55ClN2O8. The zero-order valence-electron chi connectivity index (χ0n) is 32.3. The van der Waals surface area contributed by atoms with Crippen molar-refractivity contribution in [2.24, 2.45) is 22.9 Å². The summed E-state index contributed by atoms with van der Waals surface area (Å²) in [4.78, 5) is 21.8. The minimum atomic E-state index is -1.43. The van der Waals surface area contributed by atoms with Crippen molar-refractivity contribution in [2.75, 3.05) is 46.0 Å². The molecule has 11 heteroatoms. The van der Waals surface area contributed by atoms with Crippen molar-refractivity contribution in [1.82, 2.24) is 4.90 Å². The maximum absolute atomic E-state index is 14.5. The Labute approximate surface area is 335 Å². The molecule has 300 valence electrons. The molecule has 0 aromatic heterocycles. The number of amides is 1. The monoisotopic (exact) mass is 786 g/mol. The Kier molecular flexibility index (Phi) is 14.5. The number of carbonyl (C=O) groups is 1. The van der Waals surface area contributed by atoms with Crippen LogP contribution < -0.4 is 9.47 Å². The molecule has 3 aromatic rings. The highest BCUT2D eigenvalue weighted by Crippen LogP contribution is 2.62. The molecular weight excluding hydrogens is 732 g/mol. The number of oxime groups is 1. The van der Waals surface area contributed by atoms with Crippen molar-refractivity contribution in [3.63, 3.8) is 0 Å². The lowest BCUT2D eigenvalue weighted by atomic mass is 9.55. The highest BCUT2D eigenvalue weighted by Gasteiger charge is 2.65. The van der Waals surface area contributed by atoms with Crippen molar-refractivity contribution in [2.45, 2.75) is 69.2 Å². The third kappa shape index (κ3) is 8.64. The Morgan fingerprint density at radius 2 is 1.79 bits per heavy atom. The summed E-state index contributed by atoms with van der Waals surface area (Å²) in [5.41, 5.74) is 3.56. The number of benzene rings is 3. The summed E-state index contributed by atoms with van der Waals surface area (Å²) in [5, 5.41) is 26.4. The number of aliphatic hydroxyl groups excluding tert-OH is 2. The third-order valence-corrected chi connectivity index (χ3v) is 11.5. The first-order valence-electron chi connectivity index (χ1n) is 19.8. The molecule has 3 aromatic carbocycles. The van der Waals surface area contributed by atoms with E-state index in [1.807, 2.05) is 36.4 Å². The van der Waals surface area contributed by atoms with Crippen LogP contribution in [-0.2, 0) is 20.9 Å². The van der Waals surface area contributed by atoms with Crippen molar-refractivity contribution < 1.29 is 38.8 Å². The van der Waals surface area contributed by atoms with E-state index in [0.717, 1.165) is 53.2 Å². The fourth-order valence-electron chi connectivity index (χ4n) is 9.13. The van der Waals surface area contributed by atoms with Gasteiger partial charge in [0.05, 0.1) is 30.7 Å². The van der Waals surface area contributed by atoms with E-state index in [9.17, 15) is 15.0 Å². The first-order valence-corrected chi connectivity index (χ1v) is 20.3. The highest BCUT2D eigenvalue weighted by molar-refractivity contribution is 6.18. The van der Waals surface area contributed by atoms with Gasteiger partial charge in [-0.25, -0.2) is 4.79 Å². The standard InChI is InChI=1S/C45H55ClN2O8/c1-4-24-53-34-19-20-40-38(28-34)42-36(18-9-11-23-50)32(14-8-10-22-49)27-37-39(47-52-3)29-41(45(56-40,43(37)42)55-25-5-2)48(44(51)54-26-21-46)30-33-16-12-15-31-13-6-7-17-35(31)33/h4-7,12-13,15-17,19-20,27-28,32,36,41-43,49-50H,1-2,8-11,14,18,21-26,29-30H2,3H3. The number of aliphatic hydroxyl groups is 2. The lowest BCUT2D eigenvalue weighted by Gasteiger charge is -2.59. The molecule has 1 amide bonds. The van der Waals surface area contributed by atoms with Crippen molar-refractivity contribution >= 4 is 34.2 Å². The van der Waals surface area contributed by atoms with Crippen molar-refractivity contribution in [3.8, 4) is 11.5 Å². The molecule has 0 radical (unpaired) electrons. The molecule has 0 saturated heterocycles. The number of unbranched alkanes of at least 4 members (excludes halogenated alkanes) is 2. The Bertz CT molecular complexity index is 1880. The van der Waals surface area contributed by atoms with Gasteiger partial charge in [-0.2, -0.15) is 0 Å². The van der Waals surface area contributed by atoms with Gasteiger partial charge in [-0.1, -0.05) is 85.3 Å². The average molecular weight is 787 g/mol. The van der Waals surface area contributed by atoms with Gasteiger partial charge in [0.25, 0.3) is 0 Å². The first-order chi connectivity index (χ1) is 27.4. The second kappa shape index (κ2) is 19.7. The topological polar surface area (TPSA) is 119 Å². The molecule has 1 aliphatic heterocycles. The van der Waals surface area contributed by atoms with E-state index in [0.29, 0.717) is 36.7 Å². The maximum Gasteiger partial charge on any atom is 0.410 e. The van der Waals surface area contributed by atoms with Crippen molar-refractivity contribution in [1.29, 1.82) is 0 Å². The SMILES string of the molecule is C=CCOc1ccc2c(c1)C1C(CCCCO)C(CCCCO)C=C3C(=NOC)CC(N(Cc4cccc5ccccc45)C(=O)OCCCl)C(OCC=C)(O2)C31. The van der Waals surface area contributed by atoms with Crippen LogP contribution in [0.2, 0.25) is 0 Å². The number of halogens is 1. The second-order valence-corrected chi connectivity index (χ2v) is 15.0. The van der Waals surface area contributed by atoms with Gasteiger partial charge in [-0.3, -0.25) is 4.90 Å². The number of hydrogen-bond acceptors (Lipinski definition) is 9. The number of nitrogens with zero attached hydrogens (tertiary/aromatic N) is 2. The van der Waals surface area contributed by atoms with Crippen LogP contribution in [0, 0.1) is 17.8 Å². The molecule has 6 unspecified atom stereocenters. The highest BCUT2D eigenvalue weighted by atomic mass is 35.5. The molecule has 2 N–H and O–H groups in total. The van der Waals surface area contributed by atoms with Gasteiger partial charge in [0.1, 0.15) is 37.9 Å². The van der Waals surface area contributed by atoms with Crippen LogP contribution >= 0.6 is 11.6 Å². The fraction of sp³-hybridized carbons (Fsp3) is 0.467. The van der Waals surface area contributed by atoms with E-state index in [2.05, 4.69) is 48.7 Å². The van der Waals surface area contributed by atoms with Crippen LogP contribution in [0.4, 0.5) is 4.79 Å². The Hall–Kier alpha value is -4.35. The maximum atomic E-state index is 14.5. The van der Waals surface area contributed by atoms with E-state index >= 15 is 0 Å². The van der Waals surface area contributed by atoms with Gasteiger partial charge >= 0.3 is 6.09 Å². The largest absolute Gasteiger partial charge is 0.490 e. The molecule has 0 bridgehead atoms. The number of alkyl halides is 1. The Morgan fingerprint density at radius 3 is 2.54 bits per heavy atom. The number of rotatable bonds is 20. The number of fused-ring (bicyclic) bond motifs is 3. The average Bonchev–Trinajstić information content (AvgIpc) is 3.22. The van der Waals surface area contributed by atoms with Crippen LogP contribution in [0.25, 0.3) is 10.8 Å². The van der Waals surface area contributed by atoms with Crippen LogP contribution in [0.15, 0.2) is 103 Å². The minimum absolute atomic E-state index is 0.0233. The second-order valence-electron chi connectivity index (χ2n) is 14.6. The number of allylic oxidation sites excluding steroid dienone is 1. The van der Waals surface area contributed by atoms with E-state index in [4.69, 9.17) is 35.4 Å². The van der Waals surface area contributed by atoms with Gasteiger partial charge in [-0.05, 0) is 77.6 Å². The Balaban J connectivity index is 1.60. The fourth-order valence-corrected chi connectivity index (χ4v) is 9.21. The molecule has 1 saturated carbocycles. The van der Waals surface area contributed by atoms with Gasteiger partial charge < -0.3 is 34.0 Å². The van der Waals surface area contributed by atoms with Gasteiger partial charge in [-0.15, -0.1) is 18.2 Å². The summed E-state index contributed by atoms with van der Waals surface area (Å²) in [6, 6.07) is 19.3. The smallest absolute Gasteiger partial charge is 0.410 e. The summed E-state index contributed by atoms with van der Waals surface area (Å²) in [5.74, 6) is -0.416. The molecule has 1 heterocycles. The van der Waals surface area contributed by atoms with Gasteiger partial charge in [0.15, 0.2) is 0 Å². The predicted molar refractivity (Wildman–Crippen MR) is 219 cm³/mol. The van der Waals surface area contributed by atoms with E-state index < -0.39 is 23.8 Å². The zero-order chi connectivity index (χ0) is 39.5. The quantitative estimate of drug-likeness (QED) is 0.0507. The van der Waals surface area contributed by atoms with E-state index in [1.165, 1.54) is 7.11 Å². The summed E-state index contributed by atoms with van der Waals surface area (Å²) in [6.45, 7) is 8.78. The zero-order valence-corrected chi connectivity index (χ0v) is 33.1. The number of hydrogen-bond donors (Lipinski definition) is 2. The predicted octanol–water partition coefficient (Wildman–Crippen LogP) is 8.55. The lowest BCUT2D eigenvalue weighted by Crippen LogP contribution is -2.70. The molecule has 6 rings (SSSR count). The molecule has 10 nitrogen and oxygen atoms in total. The van der Waals surface area contributed by atoms with E-state index in [-0.39, 0.29) is 63.0 Å². The van der Waals surface area contributed by atoms with Crippen LogP contribution in [-0.4, -0.2) is 84.8 Å². The summed E-state index contributed by atoms with van der Waals surface area (Å²) in [7, 11) is 1.54. The van der Waals surface area contributed by atoms with Crippen molar-refractivity contribution in [3.05, 3.63) is 109 Å². The summed E-state index contributed by atoms with van der Waals surface area (Å²) in [6.07, 6.45) is 10.1. The number of carbonyl (C=O) groups excluding carboxylic acids is 1. The molecule has 0 spiro atoms. The molecule has 1 fully saturated rings. The third-order valence-electron chi connectivity index (χ3n) is 11.3. The van der Waals surface area contributed by atoms with E-state index in [1.54, 1.807) is 17.1 Å². The molecule has 6 atom stereocenters. The first kappa shape index (κ1) is 41.3. The van der Waals surface area contributed by atoms with Crippen LogP contribution in [0.3, 0.4) is 0 Å². The normalized spacial score (nSPS) is 24.3. The molecule has 56 heavy (non-hydrogen) atoms. The Morgan fingerprint density at radius 1 is 1.02 bits per heavy atom. The minimum Gasteiger partial charge on any atom is -0.490 e. The van der Waals surface area contributed by atoms with Crippen LogP contribution in [0.5, 0.6) is 11.5 Å². The molecule has 2 aliphatic carbocycles. The molecule has 3 aliphatic rings. The summed E-state index contributed by atoms with van der Waals surface area (Å²) >= 11 is 6.09. The number of ether oxygens (including phenoxy) is 4. The summed E-state index contributed by atoms with van der Waals surface area (Å²) < 4.78 is 26.3. The lowest BCUT2D eigenvalue weighted by molar-refractivity contribution is -0.256. The van der Waals surface area contributed by atoms with Crippen LogP contribution in [0.1, 0.15) is 62.0 Å². The van der Waals surface area contributed by atoms with Gasteiger partial charge in [0, 0.05) is 31.1 Å². The van der Waals surface area contributed by atoms with Gasteiger partial charge in [0.2, 0.25) is 5.79 Å².